The molecule has 2 rings (SSSR count). The number of hydrogen-bond acceptors (Lipinski definition) is 2. The van der Waals surface area contributed by atoms with Crippen molar-refractivity contribution < 1.29 is 13.2 Å². The number of halogens is 3. The summed E-state index contributed by atoms with van der Waals surface area (Å²) in [5.41, 5.74) is -0.235. The number of likely N-dealkylation sites (N-methyl/N-ethyl adjacent to an activating group) is 1. The van der Waals surface area contributed by atoms with E-state index in [1.807, 2.05) is 7.05 Å². The molecule has 1 aliphatic heterocycles. The van der Waals surface area contributed by atoms with Gasteiger partial charge in [-0.15, -0.1) is 0 Å². The second-order valence-corrected chi connectivity index (χ2v) is 4.14. The molecule has 1 unspecified atom stereocenters. The summed E-state index contributed by atoms with van der Waals surface area (Å²) >= 11 is 0. The zero-order valence-electron chi connectivity index (χ0n) is 8.93. The first-order chi connectivity index (χ1) is 7.56. The molecular weight excluding hydrogens is 217 g/mol. The van der Waals surface area contributed by atoms with E-state index in [0.717, 1.165) is 19.5 Å². The molecule has 0 bridgehead atoms. The molecule has 1 aromatic carbocycles. The van der Waals surface area contributed by atoms with Crippen LogP contribution in [0, 0.1) is 17.5 Å². The van der Waals surface area contributed by atoms with E-state index in [2.05, 4.69) is 10.2 Å². The molecule has 1 aliphatic rings. The lowest BCUT2D eigenvalue weighted by Crippen LogP contribution is -2.24. The average molecular weight is 230 g/mol. The van der Waals surface area contributed by atoms with Crippen LogP contribution >= 0.6 is 0 Å². The summed E-state index contributed by atoms with van der Waals surface area (Å²) in [6, 6.07) is 1.38. The van der Waals surface area contributed by atoms with Crippen molar-refractivity contribution in [3.05, 3.63) is 29.6 Å². The van der Waals surface area contributed by atoms with Crippen LogP contribution in [0.25, 0.3) is 0 Å². The van der Waals surface area contributed by atoms with Gasteiger partial charge in [0.1, 0.15) is 11.5 Å². The third-order valence-corrected chi connectivity index (χ3v) is 2.75. The fourth-order valence-electron chi connectivity index (χ4n) is 1.94. The second kappa shape index (κ2) is 4.33. The first-order valence-corrected chi connectivity index (χ1v) is 5.16. The van der Waals surface area contributed by atoms with E-state index < -0.39 is 17.5 Å². The molecule has 0 amide bonds. The van der Waals surface area contributed by atoms with Gasteiger partial charge in [-0.2, -0.15) is 0 Å². The summed E-state index contributed by atoms with van der Waals surface area (Å²) in [5.74, 6) is -2.66. The summed E-state index contributed by atoms with van der Waals surface area (Å²) in [7, 11) is 1.94. The van der Waals surface area contributed by atoms with Crippen LogP contribution in [0.15, 0.2) is 12.1 Å². The summed E-state index contributed by atoms with van der Waals surface area (Å²) in [5, 5.41) is 2.78. The zero-order chi connectivity index (χ0) is 11.7. The van der Waals surface area contributed by atoms with Crippen molar-refractivity contribution in [2.24, 2.45) is 0 Å². The predicted molar refractivity (Wildman–Crippen MR) is 55.8 cm³/mol. The SMILES string of the molecule is CN1CCC(Nc2c(F)cc(F)cc2F)C1. The van der Waals surface area contributed by atoms with Crippen LogP contribution in [0.3, 0.4) is 0 Å². The summed E-state index contributed by atoms with van der Waals surface area (Å²) in [6.45, 7) is 1.62. The fourth-order valence-corrected chi connectivity index (χ4v) is 1.94. The highest BCUT2D eigenvalue weighted by molar-refractivity contribution is 5.47. The number of nitrogens with zero attached hydrogens (tertiary/aromatic N) is 1. The summed E-state index contributed by atoms with van der Waals surface area (Å²) in [4.78, 5) is 2.07. The van der Waals surface area contributed by atoms with E-state index in [4.69, 9.17) is 0 Å². The van der Waals surface area contributed by atoms with Crippen LogP contribution in [0.1, 0.15) is 6.42 Å². The molecule has 1 saturated heterocycles. The van der Waals surface area contributed by atoms with Crippen molar-refractivity contribution in [3.63, 3.8) is 0 Å². The Morgan fingerprint density at radius 1 is 1.25 bits per heavy atom. The summed E-state index contributed by atoms with van der Waals surface area (Å²) < 4.78 is 39.3. The standard InChI is InChI=1S/C11H13F3N2/c1-16-3-2-8(6-16)15-11-9(13)4-7(12)5-10(11)14/h4-5,8,15H,2-3,6H2,1H3. The Hall–Kier alpha value is -1.23. The van der Waals surface area contributed by atoms with Crippen molar-refractivity contribution in [1.29, 1.82) is 0 Å². The van der Waals surface area contributed by atoms with Gasteiger partial charge in [0.2, 0.25) is 0 Å². The Labute approximate surface area is 92.1 Å². The maximum atomic E-state index is 13.3. The fraction of sp³-hybridized carbons (Fsp3) is 0.455. The smallest absolute Gasteiger partial charge is 0.152 e. The topological polar surface area (TPSA) is 15.3 Å². The van der Waals surface area contributed by atoms with E-state index in [-0.39, 0.29) is 11.7 Å². The Morgan fingerprint density at radius 3 is 2.38 bits per heavy atom. The molecule has 16 heavy (non-hydrogen) atoms. The van der Waals surface area contributed by atoms with Gasteiger partial charge >= 0.3 is 0 Å². The Balaban J connectivity index is 2.15. The predicted octanol–water partition coefficient (Wildman–Crippen LogP) is 2.22. The lowest BCUT2D eigenvalue weighted by Gasteiger charge is -2.15. The third kappa shape index (κ3) is 2.29. The Bertz CT molecular complexity index is 372. The number of benzene rings is 1. The van der Waals surface area contributed by atoms with Crippen LogP contribution in [-0.2, 0) is 0 Å². The molecular formula is C11H13F3N2. The van der Waals surface area contributed by atoms with E-state index in [9.17, 15) is 13.2 Å². The molecule has 0 aromatic heterocycles. The molecule has 0 aliphatic carbocycles. The van der Waals surface area contributed by atoms with Crippen molar-refractivity contribution in [3.8, 4) is 0 Å². The van der Waals surface area contributed by atoms with Gasteiger partial charge in [-0.05, 0) is 20.0 Å². The van der Waals surface area contributed by atoms with Crippen LogP contribution in [-0.4, -0.2) is 31.1 Å². The van der Waals surface area contributed by atoms with Gasteiger partial charge in [0, 0.05) is 24.7 Å². The van der Waals surface area contributed by atoms with Gasteiger partial charge in [-0.3, -0.25) is 0 Å². The van der Waals surface area contributed by atoms with E-state index >= 15 is 0 Å². The highest BCUT2D eigenvalue weighted by atomic mass is 19.1. The van der Waals surface area contributed by atoms with Crippen LogP contribution < -0.4 is 5.32 Å². The van der Waals surface area contributed by atoms with Crippen molar-refractivity contribution in [1.82, 2.24) is 4.90 Å². The van der Waals surface area contributed by atoms with E-state index in [0.29, 0.717) is 12.1 Å². The maximum Gasteiger partial charge on any atom is 0.152 e. The first-order valence-electron chi connectivity index (χ1n) is 5.16. The van der Waals surface area contributed by atoms with Crippen molar-refractivity contribution in [2.75, 3.05) is 25.5 Å². The quantitative estimate of drug-likeness (QED) is 0.838. The normalized spacial score (nSPS) is 21.4. The highest BCUT2D eigenvalue weighted by Crippen LogP contribution is 2.22. The second-order valence-electron chi connectivity index (χ2n) is 4.14. The molecule has 1 fully saturated rings. The zero-order valence-corrected chi connectivity index (χ0v) is 8.93. The molecule has 0 radical (unpaired) electrons. The van der Waals surface area contributed by atoms with Gasteiger partial charge in [0.25, 0.3) is 0 Å². The number of nitrogens with one attached hydrogen (secondary N) is 1. The number of hydrogen-bond donors (Lipinski definition) is 1. The Morgan fingerprint density at radius 2 is 1.88 bits per heavy atom. The molecule has 1 N–H and O–H groups in total. The number of anilines is 1. The van der Waals surface area contributed by atoms with E-state index in [1.165, 1.54) is 0 Å². The van der Waals surface area contributed by atoms with Gasteiger partial charge in [-0.1, -0.05) is 0 Å². The molecule has 2 nitrogen and oxygen atoms in total. The molecule has 5 heteroatoms. The molecule has 1 atom stereocenters. The lowest BCUT2D eigenvalue weighted by molar-refractivity contribution is 0.413. The average Bonchev–Trinajstić information content (AvgIpc) is 2.58. The maximum absolute atomic E-state index is 13.3. The number of rotatable bonds is 2. The van der Waals surface area contributed by atoms with E-state index in [1.54, 1.807) is 0 Å². The van der Waals surface area contributed by atoms with Gasteiger partial charge < -0.3 is 10.2 Å². The van der Waals surface area contributed by atoms with Crippen LogP contribution in [0.4, 0.5) is 18.9 Å². The molecule has 88 valence electrons. The summed E-state index contributed by atoms with van der Waals surface area (Å²) in [6.07, 6.45) is 0.826. The minimum Gasteiger partial charge on any atom is -0.376 e. The van der Waals surface area contributed by atoms with Gasteiger partial charge in [0.15, 0.2) is 11.6 Å². The molecule has 0 saturated carbocycles. The highest BCUT2D eigenvalue weighted by Gasteiger charge is 2.22. The minimum absolute atomic E-state index is 0.0134. The van der Waals surface area contributed by atoms with Crippen molar-refractivity contribution >= 4 is 5.69 Å². The van der Waals surface area contributed by atoms with Gasteiger partial charge in [0.05, 0.1) is 0 Å². The van der Waals surface area contributed by atoms with Crippen molar-refractivity contribution in [2.45, 2.75) is 12.5 Å². The molecule has 1 heterocycles. The van der Waals surface area contributed by atoms with Gasteiger partial charge in [-0.25, -0.2) is 13.2 Å². The minimum atomic E-state index is -0.899. The Kier molecular flexibility index (Phi) is 3.05. The largest absolute Gasteiger partial charge is 0.376 e. The lowest BCUT2D eigenvalue weighted by atomic mass is 10.2. The van der Waals surface area contributed by atoms with Crippen LogP contribution in [0.2, 0.25) is 0 Å². The monoisotopic (exact) mass is 230 g/mol. The third-order valence-electron chi connectivity index (χ3n) is 2.75. The number of likely N-dealkylation sites (tertiary alicyclic amines) is 1. The van der Waals surface area contributed by atoms with Crippen LogP contribution in [0.5, 0.6) is 0 Å². The molecule has 0 spiro atoms. The molecule has 1 aromatic rings. The first kappa shape index (κ1) is 11.3.